The van der Waals surface area contributed by atoms with Crippen LogP contribution in [0, 0.1) is 6.92 Å². The maximum absolute atomic E-state index is 11.1. The van der Waals surface area contributed by atoms with Gasteiger partial charge in [0.05, 0.1) is 12.6 Å². The molecule has 1 aromatic carbocycles. The molecule has 0 aromatic heterocycles. The lowest BCUT2D eigenvalue weighted by atomic mass is 10.0. The molecule has 2 rings (SSSR count). The van der Waals surface area contributed by atoms with Crippen molar-refractivity contribution in [2.45, 2.75) is 19.4 Å². The van der Waals surface area contributed by atoms with E-state index in [2.05, 4.69) is 21.2 Å². The van der Waals surface area contributed by atoms with Crippen LogP contribution in [0.3, 0.4) is 0 Å². The predicted molar refractivity (Wildman–Crippen MR) is 68.0 cm³/mol. The van der Waals surface area contributed by atoms with E-state index in [-0.39, 0.29) is 24.5 Å². The standard InChI is InChI=1S/C11H12BrNO2.ClH/c1-7-2-3-8(6-9(7)12)10-4-5-15-11(14)13-10;/h2-3,6,10H,4-5H2,1H3,(H,13,14);1H/t10-;/m1./s1. The lowest BCUT2D eigenvalue weighted by molar-refractivity contribution is 0.115. The Balaban J connectivity index is 0.00000128. The van der Waals surface area contributed by atoms with Crippen molar-refractivity contribution in [1.29, 1.82) is 0 Å². The predicted octanol–water partition coefficient (Wildman–Crippen LogP) is 3.35. The molecule has 5 heteroatoms. The molecule has 3 nitrogen and oxygen atoms in total. The zero-order chi connectivity index (χ0) is 10.8. The van der Waals surface area contributed by atoms with Gasteiger partial charge < -0.3 is 10.1 Å². The van der Waals surface area contributed by atoms with Crippen molar-refractivity contribution in [3.63, 3.8) is 0 Å². The average Bonchev–Trinajstić information content (AvgIpc) is 2.22. The van der Waals surface area contributed by atoms with E-state index in [9.17, 15) is 4.79 Å². The first-order chi connectivity index (χ1) is 7.16. The molecule has 0 spiro atoms. The molecule has 1 N–H and O–H groups in total. The van der Waals surface area contributed by atoms with E-state index in [1.807, 2.05) is 25.1 Å². The maximum atomic E-state index is 11.1. The smallest absolute Gasteiger partial charge is 0.407 e. The van der Waals surface area contributed by atoms with E-state index in [0.717, 1.165) is 16.5 Å². The molecule has 0 radical (unpaired) electrons. The van der Waals surface area contributed by atoms with Crippen molar-refractivity contribution in [1.82, 2.24) is 5.32 Å². The fourth-order valence-corrected chi connectivity index (χ4v) is 2.00. The molecule has 0 saturated carbocycles. The van der Waals surface area contributed by atoms with E-state index in [1.54, 1.807) is 0 Å². The summed E-state index contributed by atoms with van der Waals surface area (Å²) in [4.78, 5) is 11.1. The van der Waals surface area contributed by atoms with Crippen molar-refractivity contribution < 1.29 is 9.53 Å². The van der Waals surface area contributed by atoms with Crippen molar-refractivity contribution in [2.75, 3.05) is 6.61 Å². The Labute approximate surface area is 109 Å². The molecule has 1 aromatic rings. The number of cyclic esters (lactones) is 1. The second kappa shape index (κ2) is 5.55. The summed E-state index contributed by atoms with van der Waals surface area (Å²) in [5.74, 6) is 0. The van der Waals surface area contributed by atoms with Crippen LogP contribution in [0.15, 0.2) is 22.7 Å². The summed E-state index contributed by atoms with van der Waals surface area (Å²) in [7, 11) is 0. The van der Waals surface area contributed by atoms with E-state index in [4.69, 9.17) is 4.74 Å². The van der Waals surface area contributed by atoms with E-state index in [0.29, 0.717) is 6.61 Å². The van der Waals surface area contributed by atoms with Gasteiger partial charge in [0.1, 0.15) is 0 Å². The van der Waals surface area contributed by atoms with Crippen LogP contribution in [-0.4, -0.2) is 12.7 Å². The molecule has 88 valence electrons. The lowest BCUT2D eigenvalue weighted by Gasteiger charge is -2.24. The van der Waals surface area contributed by atoms with Gasteiger partial charge >= 0.3 is 6.09 Å². The molecular formula is C11H13BrClNO2. The Hall–Kier alpha value is -0.740. The normalized spacial score (nSPS) is 19.4. The number of benzene rings is 1. The summed E-state index contributed by atoms with van der Waals surface area (Å²) < 4.78 is 5.89. The quantitative estimate of drug-likeness (QED) is 0.864. The Morgan fingerprint density at radius 1 is 1.50 bits per heavy atom. The van der Waals surface area contributed by atoms with E-state index in [1.165, 1.54) is 5.56 Å². The van der Waals surface area contributed by atoms with Crippen LogP contribution in [-0.2, 0) is 4.74 Å². The third-order valence-corrected chi connectivity index (χ3v) is 3.38. The van der Waals surface area contributed by atoms with E-state index < -0.39 is 0 Å². The van der Waals surface area contributed by atoms with Gasteiger partial charge in [0, 0.05) is 10.9 Å². The second-order valence-electron chi connectivity index (χ2n) is 3.63. The number of carbonyl (C=O) groups excluding carboxylic acids is 1. The average molecular weight is 307 g/mol. The number of nitrogens with one attached hydrogen (secondary N) is 1. The fraction of sp³-hybridized carbons (Fsp3) is 0.364. The number of hydrogen-bond acceptors (Lipinski definition) is 2. The van der Waals surface area contributed by atoms with Crippen LogP contribution >= 0.6 is 28.3 Å². The SMILES string of the molecule is Cc1ccc([C@H]2CCOC(=O)N2)cc1Br.Cl. The molecule has 16 heavy (non-hydrogen) atoms. The highest BCUT2D eigenvalue weighted by Gasteiger charge is 2.20. The van der Waals surface area contributed by atoms with Gasteiger partial charge in [-0.05, 0) is 24.1 Å². The van der Waals surface area contributed by atoms with Crippen molar-refractivity contribution in [3.8, 4) is 0 Å². The fourth-order valence-electron chi connectivity index (χ4n) is 1.60. The lowest BCUT2D eigenvalue weighted by Crippen LogP contribution is -2.35. The van der Waals surface area contributed by atoms with Gasteiger partial charge in [0.25, 0.3) is 0 Å². The molecule has 1 aliphatic rings. The summed E-state index contributed by atoms with van der Waals surface area (Å²) in [6, 6.07) is 6.20. The number of alkyl carbamates (subject to hydrolysis) is 1. The highest BCUT2D eigenvalue weighted by atomic mass is 79.9. The van der Waals surface area contributed by atoms with Crippen LogP contribution in [0.25, 0.3) is 0 Å². The summed E-state index contributed by atoms with van der Waals surface area (Å²) in [6.07, 6.45) is 0.490. The molecule has 0 bridgehead atoms. The third-order valence-electron chi connectivity index (χ3n) is 2.53. The van der Waals surface area contributed by atoms with Crippen LogP contribution in [0.5, 0.6) is 0 Å². The number of halogens is 2. The third kappa shape index (κ3) is 2.89. The minimum absolute atomic E-state index is 0. The Bertz CT molecular complexity index is 398. The van der Waals surface area contributed by atoms with Gasteiger partial charge in [0.2, 0.25) is 0 Å². The first kappa shape index (κ1) is 13.3. The molecular weight excluding hydrogens is 293 g/mol. The van der Waals surface area contributed by atoms with Crippen LogP contribution in [0.1, 0.15) is 23.6 Å². The summed E-state index contributed by atoms with van der Waals surface area (Å²) in [5, 5.41) is 2.80. The van der Waals surface area contributed by atoms with Crippen molar-refractivity contribution >= 4 is 34.4 Å². The molecule has 1 fully saturated rings. The Morgan fingerprint density at radius 2 is 2.25 bits per heavy atom. The first-order valence-corrected chi connectivity index (χ1v) is 5.65. The number of amides is 1. The maximum Gasteiger partial charge on any atom is 0.407 e. The monoisotopic (exact) mass is 305 g/mol. The molecule has 1 saturated heterocycles. The van der Waals surface area contributed by atoms with Crippen LogP contribution in [0.2, 0.25) is 0 Å². The second-order valence-corrected chi connectivity index (χ2v) is 4.48. The highest BCUT2D eigenvalue weighted by Crippen LogP contribution is 2.25. The molecule has 1 heterocycles. The topological polar surface area (TPSA) is 38.3 Å². The minimum atomic E-state index is -0.331. The van der Waals surface area contributed by atoms with Gasteiger partial charge in [-0.3, -0.25) is 0 Å². The Morgan fingerprint density at radius 3 is 2.88 bits per heavy atom. The van der Waals surface area contributed by atoms with Crippen molar-refractivity contribution in [2.24, 2.45) is 0 Å². The molecule has 1 atom stereocenters. The van der Waals surface area contributed by atoms with Gasteiger partial charge in [-0.15, -0.1) is 12.4 Å². The number of hydrogen-bond donors (Lipinski definition) is 1. The molecule has 0 aliphatic carbocycles. The van der Waals surface area contributed by atoms with Gasteiger partial charge in [-0.2, -0.15) is 0 Å². The summed E-state index contributed by atoms with van der Waals surface area (Å²) in [6.45, 7) is 2.53. The largest absolute Gasteiger partial charge is 0.449 e. The number of ether oxygens (including phenoxy) is 1. The van der Waals surface area contributed by atoms with Crippen LogP contribution < -0.4 is 5.32 Å². The van der Waals surface area contributed by atoms with E-state index >= 15 is 0 Å². The minimum Gasteiger partial charge on any atom is -0.449 e. The molecule has 1 amide bonds. The zero-order valence-corrected chi connectivity index (χ0v) is 11.2. The van der Waals surface area contributed by atoms with Gasteiger partial charge in [-0.1, -0.05) is 28.1 Å². The molecule has 0 unspecified atom stereocenters. The number of carbonyl (C=O) groups is 1. The summed E-state index contributed by atoms with van der Waals surface area (Å²) in [5.41, 5.74) is 2.31. The van der Waals surface area contributed by atoms with Gasteiger partial charge in [-0.25, -0.2) is 4.79 Å². The number of rotatable bonds is 1. The van der Waals surface area contributed by atoms with Crippen molar-refractivity contribution in [3.05, 3.63) is 33.8 Å². The molecule has 1 aliphatic heterocycles. The van der Waals surface area contributed by atoms with Crippen LogP contribution in [0.4, 0.5) is 4.79 Å². The number of aryl methyl sites for hydroxylation is 1. The van der Waals surface area contributed by atoms with Gasteiger partial charge in [0.15, 0.2) is 0 Å². The summed E-state index contributed by atoms with van der Waals surface area (Å²) >= 11 is 3.48. The Kier molecular flexibility index (Phi) is 4.62. The first-order valence-electron chi connectivity index (χ1n) is 4.86. The zero-order valence-electron chi connectivity index (χ0n) is 8.83. The highest BCUT2D eigenvalue weighted by molar-refractivity contribution is 9.10.